The zero-order valence-corrected chi connectivity index (χ0v) is 11.2. The molecule has 1 saturated heterocycles. The van der Waals surface area contributed by atoms with Crippen LogP contribution >= 0.6 is 0 Å². The summed E-state index contributed by atoms with van der Waals surface area (Å²) in [5, 5.41) is 7.58. The molecule has 2 fully saturated rings. The van der Waals surface area contributed by atoms with Crippen LogP contribution in [0.4, 0.5) is 0 Å². The first-order valence-electron chi connectivity index (χ1n) is 7.38. The lowest BCUT2D eigenvalue weighted by Gasteiger charge is -2.04. The molecule has 4 nitrogen and oxygen atoms in total. The predicted molar refractivity (Wildman–Crippen MR) is 69.4 cm³/mol. The van der Waals surface area contributed by atoms with Crippen LogP contribution in [0.2, 0.25) is 0 Å². The maximum absolute atomic E-state index is 5.42. The summed E-state index contributed by atoms with van der Waals surface area (Å²) in [6.45, 7) is 4.51. The third kappa shape index (κ3) is 2.58. The number of nitrogens with one attached hydrogen (secondary N) is 1. The van der Waals surface area contributed by atoms with Crippen LogP contribution in [0.1, 0.15) is 56.7 Å². The zero-order chi connectivity index (χ0) is 12.4. The fourth-order valence-corrected chi connectivity index (χ4v) is 3.33. The van der Waals surface area contributed by atoms with Gasteiger partial charge in [-0.15, -0.1) is 0 Å². The predicted octanol–water partition coefficient (Wildman–Crippen LogP) is 2.52. The maximum atomic E-state index is 5.42. The first-order chi connectivity index (χ1) is 8.85. The molecule has 0 radical (unpaired) electrons. The monoisotopic (exact) mass is 249 g/mol. The average molecular weight is 249 g/mol. The van der Waals surface area contributed by atoms with Crippen LogP contribution in [0, 0.1) is 11.8 Å². The van der Waals surface area contributed by atoms with E-state index in [-0.39, 0.29) is 0 Å². The second-order valence-corrected chi connectivity index (χ2v) is 5.89. The highest BCUT2D eigenvalue weighted by Crippen LogP contribution is 2.38. The van der Waals surface area contributed by atoms with Gasteiger partial charge in [0.05, 0.1) is 0 Å². The van der Waals surface area contributed by atoms with Gasteiger partial charge in [-0.1, -0.05) is 18.5 Å². The molecule has 1 N–H and O–H groups in total. The van der Waals surface area contributed by atoms with Gasteiger partial charge in [0.2, 0.25) is 5.89 Å². The van der Waals surface area contributed by atoms with Crippen LogP contribution in [0.25, 0.3) is 0 Å². The summed E-state index contributed by atoms with van der Waals surface area (Å²) in [5.41, 5.74) is 0. The highest BCUT2D eigenvalue weighted by atomic mass is 16.5. The van der Waals surface area contributed by atoms with Crippen LogP contribution in [0.15, 0.2) is 4.52 Å². The van der Waals surface area contributed by atoms with E-state index in [0.29, 0.717) is 11.8 Å². The van der Waals surface area contributed by atoms with Gasteiger partial charge in [-0.3, -0.25) is 0 Å². The molecule has 1 aromatic heterocycles. The third-order valence-corrected chi connectivity index (χ3v) is 4.59. The first-order valence-corrected chi connectivity index (χ1v) is 7.38. The number of hydrogen-bond acceptors (Lipinski definition) is 4. The molecule has 0 spiro atoms. The van der Waals surface area contributed by atoms with E-state index in [9.17, 15) is 0 Å². The summed E-state index contributed by atoms with van der Waals surface area (Å²) in [6.07, 6.45) is 7.29. The summed E-state index contributed by atoms with van der Waals surface area (Å²) >= 11 is 0. The molecule has 3 rings (SSSR count). The molecule has 3 atom stereocenters. The van der Waals surface area contributed by atoms with Crippen LogP contribution < -0.4 is 5.32 Å². The lowest BCUT2D eigenvalue weighted by Crippen LogP contribution is -2.11. The van der Waals surface area contributed by atoms with Gasteiger partial charge >= 0.3 is 0 Å². The fourth-order valence-electron chi connectivity index (χ4n) is 3.33. The van der Waals surface area contributed by atoms with Crippen molar-refractivity contribution in [2.24, 2.45) is 11.8 Å². The minimum Gasteiger partial charge on any atom is -0.339 e. The van der Waals surface area contributed by atoms with Gasteiger partial charge in [0.15, 0.2) is 5.82 Å². The normalized spacial score (nSPS) is 32.2. The lowest BCUT2D eigenvalue weighted by atomic mass is 10.0. The second kappa shape index (κ2) is 5.39. The minimum atomic E-state index is 0.550. The second-order valence-electron chi connectivity index (χ2n) is 5.89. The minimum absolute atomic E-state index is 0.550. The number of rotatable bonds is 4. The molecule has 1 aliphatic carbocycles. The Labute approximate surface area is 109 Å². The smallest absolute Gasteiger partial charge is 0.226 e. The molecule has 2 heterocycles. The molecule has 0 bridgehead atoms. The quantitative estimate of drug-likeness (QED) is 0.891. The number of hydrogen-bond donors (Lipinski definition) is 1. The maximum Gasteiger partial charge on any atom is 0.226 e. The van der Waals surface area contributed by atoms with E-state index in [4.69, 9.17) is 4.52 Å². The van der Waals surface area contributed by atoms with Crippen molar-refractivity contribution in [3.63, 3.8) is 0 Å². The summed E-state index contributed by atoms with van der Waals surface area (Å²) in [5.74, 6) is 3.92. The van der Waals surface area contributed by atoms with Crippen molar-refractivity contribution in [1.29, 1.82) is 0 Å². The number of nitrogens with zero attached hydrogens (tertiary/aromatic N) is 2. The van der Waals surface area contributed by atoms with Gasteiger partial charge < -0.3 is 9.84 Å². The fraction of sp³-hybridized carbons (Fsp3) is 0.857. The van der Waals surface area contributed by atoms with Crippen molar-refractivity contribution >= 4 is 0 Å². The van der Waals surface area contributed by atoms with Crippen molar-refractivity contribution < 1.29 is 4.52 Å². The van der Waals surface area contributed by atoms with Crippen LogP contribution in [-0.4, -0.2) is 23.2 Å². The largest absolute Gasteiger partial charge is 0.339 e. The van der Waals surface area contributed by atoms with Crippen molar-refractivity contribution in [3.05, 3.63) is 11.7 Å². The van der Waals surface area contributed by atoms with Crippen molar-refractivity contribution in [2.75, 3.05) is 13.1 Å². The summed E-state index contributed by atoms with van der Waals surface area (Å²) in [7, 11) is 0. The Kier molecular flexibility index (Phi) is 3.64. The van der Waals surface area contributed by atoms with E-state index in [2.05, 4.69) is 22.4 Å². The molecule has 18 heavy (non-hydrogen) atoms. The van der Waals surface area contributed by atoms with Crippen molar-refractivity contribution in [1.82, 2.24) is 15.5 Å². The molecule has 0 aromatic carbocycles. The SMILES string of the molecule is CCC1CCC(c2noc(CC3CCNC3)n2)C1. The molecule has 100 valence electrons. The van der Waals surface area contributed by atoms with Gasteiger partial charge in [0, 0.05) is 12.3 Å². The summed E-state index contributed by atoms with van der Waals surface area (Å²) in [6, 6.07) is 0. The van der Waals surface area contributed by atoms with Crippen molar-refractivity contribution in [2.45, 2.75) is 51.4 Å². The van der Waals surface area contributed by atoms with Crippen LogP contribution in [0.3, 0.4) is 0 Å². The van der Waals surface area contributed by atoms with E-state index in [1.165, 1.54) is 32.1 Å². The summed E-state index contributed by atoms with van der Waals surface area (Å²) in [4.78, 5) is 4.62. The lowest BCUT2D eigenvalue weighted by molar-refractivity contribution is 0.351. The van der Waals surface area contributed by atoms with E-state index in [0.717, 1.165) is 37.1 Å². The van der Waals surface area contributed by atoms with Crippen LogP contribution in [-0.2, 0) is 6.42 Å². The molecule has 1 saturated carbocycles. The molecular formula is C14H23N3O. The Hall–Kier alpha value is -0.900. The highest BCUT2D eigenvalue weighted by Gasteiger charge is 2.28. The number of aromatic nitrogens is 2. The Morgan fingerprint density at radius 2 is 2.22 bits per heavy atom. The molecule has 2 aliphatic rings. The Morgan fingerprint density at radius 3 is 2.94 bits per heavy atom. The summed E-state index contributed by atoms with van der Waals surface area (Å²) < 4.78 is 5.42. The highest BCUT2D eigenvalue weighted by molar-refractivity contribution is 5.00. The topological polar surface area (TPSA) is 51.0 Å². The average Bonchev–Trinajstić information content (AvgIpc) is 3.09. The van der Waals surface area contributed by atoms with E-state index >= 15 is 0 Å². The molecule has 1 aliphatic heterocycles. The molecular weight excluding hydrogens is 226 g/mol. The van der Waals surface area contributed by atoms with Crippen LogP contribution in [0.5, 0.6) is 0 Å². The Balaban J connectivity index is 1.59. The third-order valence-electron chi connectivity index (χ3n) is 4.59. The molecule has 3 unspecified atom stereocenters. The van der Waals surface area contributed by atoms with Crippen molar-refractivity contribution in [3.8, 4) is 0 Å². The standard InChI is InChI=1S/C14H23N3O/c1-2-10-3-4-12(7-10)14-16-13(18-17-14)8-11-5-6-15-9-11/h10-12,15H,2-9H2,1H3. The Morgan fingerprint density at radius 1 is 1.28 bits per heavy atom. The van der Waals surface area contributed by atoms with Gasteiger partial charge in [0.25, 0.3) is 0 Å². The first kappa shape index (κ1) is 12.2. The molecule has 1 aromatic rings. The van der Waals surface area contributed by atoms with Gasteiger partial charge in [-0.25, -0.2) is 0 Å². The Bertz CT molecular complexity index is 384. The zero-order valence-electron chi connectivity index (χ0n) is 11.2. The molecule has 4 heteroatoms. The van der Waals surface area contributed by atoms with E-state index < -0.39 is 0 Å². The molecule has 0 amide bonds. The van der Waals surface area contributed by atoms with E-state index in [1.54, 1.807) is 0 Å². The van der Waals surface area contributed by atoms with Gasteiger partial charge in [-0.2, -0.15) is 4.98 Å². The van der Waals surface area contributed by atoms with Gasteiger partial charge in [-0.05, 0) is 50.6 Å². The van der Waals surface area contributed by atoms with Gasteiger partial charge in [0.1, 0.15) is 0 Å². The van der Waals surface area contributed by atoms with E-state index in [1.807, 2.05) is 0 Å².